The first kappa shape index (κ1) is 21.2. The summed E-state index contributed by atoms with van der Waals surface area (Å²) >= 11 is 0. The second-order valence-electron chi connectivity index (χ2n) is 10.1. The Bertz CT molecular complexity index is 1430. The number of carboxylic acid groups (broad SMARTS) is 1. The monoisotopic (exact) mass is 444 g/mol. The van der Waals surface area contributed by atoms with Gasteiger partial charge in [-0.2, -0.15) is 10.4 Å². The fraction of sp³-hybridized carbons (Fsp3) is 0.346. The van der Waals surface area contributed by atoms with E-state index < -0.39 is 16.8 Å². The van der Waals surface area contributed by atoms with Gasteiger partial charge in [-0.1, -0.05) is 13.8 Å². The molecule has 2 aromatic carbocycles. The van der Waals surface area contributed by atoms with Gasteiger partial charge in [0.15, 0.2) is 0 Å². The van der Waals surface area contributed by atoms with Gasteiger partial charge in [0.05, 0.1) is 28.7 Å². The van der Waals surface area contributed by atoms with E-state index in [2.05, 4.69) is 33.0 Å². The lowest BCUT2D eigenvalue weighted by molar-refractivity contribution is -0.154. The molecular weight excluding hydrogens is 419 g/mol. The maximum atomic E-state index is 13.8. The molecule has 4 aromatic rings. The Morgan fingerprint density at radius 2 is 2.03 bits per heavy atom. The number of aliphatic carboxylic acids is 1. The molecule has 2 N–H and O–H groups in total. The van der Waals surface area contributed by atoms with E-state index in [0.29, 0.717) is 19.3 Å². The molecule has 2 heterocycles. The highest BCUT2D eigenvalue weighted by molar-refractivity contribution is 5.99. The van der Waals surface area contributed by atoms with Crippen molar-refractivity contribution in [3.8, 4) is 11.8 Å². The minimum atomic E-state index is -0.783. The number of aromatic amines is 1. The Hall–Kier alpha value is -3.66. The van der Waals surface area contributed by atoms with Gasteiger partial charge in [-0.15, -0.1) is 0 Å². The highest BCUT2D eigenvalue weighted by atomic mass is 19.1. The molecule has 0 unspecified atom stereocenters. The Kier molecular flexibility index (Phi) is 4.61. The summed E-state index contributed by atoms with van der Waals surface area (Å²) in [5, 5.41) is 28.5. The average Bonchev–Trinajstić information content (AvgIpc) is 3.32. The zero-order valence-corrected chi connectivity index (χ0v) is 18.8. The van der Waals surface area contributed by atoms with Crippen LogP contribution in [0.4, 0.5) is 4.39 Å². The predicted molar refractivity (Wildman–Crippen MR) is 124 cm³/mol. The van der Waals surface area contributed by atoms with Crippen LogP contribution in [0.2, 0.25) is 0 Å². The second kappa shape index (κ2) is 7.17. The SMILES string of the molecule is CC1(C(=O)O)CC(c2c(C(C)(C)CC#N)n(-c3ccc(F)cc3)c3cc4cn[nH]c4cc23)C1. The summed E-state index contributed by atoms with van der Waals surface area (Å²) in [6.07, 6.45) is 3.12. The third-order valence-corrected chi connectivity index (χ3v) is 7.13. The van der Waals surface area contributed by atoms with Crippen LogP contribution in [0, 0.1) is 22.6 Å². The topological polar surface area (TPSA) is 94.7 Å². The number of nitrogens with one attached hydrogen (secondary N) is 1. The third-order valence-electron chi connectivity index (χ3n) is 7.13. The van der Waals surface area contributed by atoms with Gasteiger partial charge in [0.2, 0.25) is 0 Å². The number of nitrogens with zero attached hydrogens (tertiary/aromatic N) is 3. The van der Waals surface area contributed by atoms with E-state index in [9.17, 15) is 19.6 Å². The molecule has 1 aliphatic carbocycles. The van der Waals surface area contributed by atoms with Crippen molar-refractivity contribution in [2.45, 2.75) is 51.4 Å². The molecule has 0 atom stereocenters. The Balaban J connectivity index is 1.86. The van der Waals surface area contributed by atoms with Crippen LogP contribution in [0.3, 0.4) is 0 Å². The Labute approximate surface area is 190 Å². The molecule has 0 spiro atoms. The summed E-state index contributed by atoms with van der Waals surface area (Å²) in [6.45, 7) is 5.87. The molecule has 5 rings (SSSR count). The second-order valence-corrected chi connectivity index (χ2v) is 10.1. The lowest BCUT2D eigenvalue weighted by atomic mass is 9.59. The van der Waals surface area contributed by atoms with Crippen LogP contribution in [0.25, 0.3) is 27.5 Å². The van der Waals surface area contributed by atoms with Crippen molar-refractivity contribution in [2.75, 3.05) is 0 Å². The van der Waals surface area contributed by atoms with Crippen molar-refractivity contribution in [1.29, 1.82) is 5.26 Å². The fourth-order valence-corrected chi connectivity index (χ4v) is 5.38. The van der Waals surface area contributed by atoms with E-state index in [0.717, 1.165) is 38.8 Å². The number of carboxylic acids is 1. The van der Waals surface area contributed by atoms with Crippen molar-refractivity contribution in [1.82, 2.24) is 14.8 Å². The summed E-state index contributed by atoms with van der Waals surface area (Å²) in [5.74, 6) is -1.06. The maximum absolute atomic E-state index is 13.8. The maximum Gasteiger partial charge on any atom is 0.309 e. The summed E-state index contributed by atoms with van der Waals surface area (Å²) in [6, 6.07) is 12.8. The largest absolute Gasteiger partial charge is 0.481 e. The van der Waals surface area contributed by atoms with E-state index in [1.807, 2.05) is 13.8 Å². The van der Waals surface area contributed by atoms with E-state index in [-0.39, 0.29) is 11.7 Å². The van der Waals surface area contributed by atoms with Gasteiger partial charge in [-0.25, -0.2) is 4.39 Å². The van der Waals surface area contributed by atoms with E-state index in [1.165, 1.54) is 12.1 Å². The first-order valence-electron chi connectivity index (χ1n) is 11.0. The third kappa shape index (κ3) is 3.20. The normalized spacial score (nSPS) is 20.6. The molecule has 0 aliphatic heterocycles. The molecule has 0 bridgehead atoms. The number of benzene rings is 2. The minimum Gasteiger partial charge on any atom is -0.481 e. The molecule has 168 valence electrons. The minimum absolute atomic E-state index is 0.0450. The number of halogens is 1. The van der Waals surface area contributed by atoms with E-state index >= 15 is 0 Å². The van der Waals surface area contributed by atoms with Crippen molar-refractivity contribution in [3.05, 3.63) is 59.7 Å². The highest BCUT2D eigenvalue weighted by Crippen LogP contribution is 2.55. The zero-order valence-electron chi connectivity index (χ0n) is 18.8. The van der Waals surface area contributed by atoms with Crippen LogP contribution in [0.1, 0.15) is 57.2 Å². The fourth-order valence-electron chi connectivity index (χ4n) is 5.38. The van der Waals surface area contributed by atoms with Crippen LogP contribution >= 0.6 is 0 Å². The van der Waals surface area contributed by atoms with Crippen molar-refractivity contribution in [2.24, 2.45) is 5.41 Å². The Morgan fingerprint density at radius 1 is 1.33 bits per heavy atom. The number of carbonyl (C=O) groups is 1. The van der Waals surface area contributed by atoms with Gasteiger partial charge in [0, 0.05) is 34.0 Å². The molecule has 0 amide bonds. The van der Waals surface area contributed by atoms with Crippen LogP contribution in [0.5, 0.6) is 0 Å². The van der Waals surface area contributed by atoms with Crippen LogP contribution in [-0.2, 0) is 10.2 Å². The molecule has 33 heavy (non-hydrogen) atoms. The molecular formula is C26H25FN4O2. The van der Waals surface area contributed by atoms with Gasteiger partial charge in [-0.3, -0.25) is 9.89 Å². The van der Waals surface area contributed by atoms with Gasteiger partial charge in [0.25, 0.3) is 0 Å². The molecule has 1 fully saturated rings. The number of nitriles is 1. The number of fused-ring (bicyclic) bond motifs is 2. The predicted octanol–water partition coefficient (Wildman–Crippen LogP) is 5.81. The lowest BCUT2D eigenvalue weighted by Crippen LogP contribution is -2.41. The molecule has 0 saturated heterocycles. The summed E-state index contributed by atoms with van der Waals surface area (Å²) in [7, 11) is 0. The Morgan fingerprint density at radius 3 is 2.67 bits per heavy atom. The number of rotatable bonds is 5. The number of H-pyrrole nitrogens is 1. The summed E-state index contributed by atoms with van der Waals surface area (Å²) in [5.41, 5.74) is 3.41. The lowest BCUT2D eigenvalue weighted by Gasteiger charge is -2.43. The van der Waals surface area contributed by atoms with Crippen LogP contribution in [0.15, 0.2) is 42.6 Å². The number of hydrogen-bond acceptors (Lipinski definition) is 3. The molecule has 1 saturated carbocycles. The van der Waals surface area contributed by atoms with Crippen molar-refractivity contribution >= 4 is 27.8 Å². The van der Waals surface area contributed by atoms with Gasteiger partial charge in [0.1, 0.15) is 5.82 Å². The smallest absolute Gasteiger partial charge is 0.309 e. The molecule has 7 heteroatoms. The number of hydrogen-bond donors (Lipinski definition) is 2. The van der Waals surface area contributed by atoms with Crippen molar-refractivity contribution in [3.63, 3.8) is 0 Å². The molecule has 1 aliphatic rings. The first-order valence-corrected chi connectivity index (χ1v) is 11.0. The first-order chi connectivity index (χ1) is 15.6. The van der Waals surface area contributed by atoms with Gasteiger partial charge >= 0.3 is 5.97 Å². The van der Waals surface area contributed by atoms with E-state index in [4.69, 9.17) is 0 Å². The quantitative estimate of drug-likeness (QED) is 0.406. The van der Waals surface area contributed by atoms with Crippen LogP contribution < -0.4 is 0 Å². The molecule has 0 radical (unpaired) electrons. The van der Waals surface area contributed by atoms with Crippen LogP contribution in [-0.4, -0.2) is 25.8 Å². The summed E-state index contributed by atoms with van der Waals surface area (Å²) < 4.78 is 15.9. The summed E-state index contributed by atoms with van der Waals surface area (Å²) in [4.78, 5) is 11.8. The van der Waals surface area contributed by atoms with Crippen molar-refractivity contribution < 1.29 is 14.3 Å². The molecule has 6 nitrogen and oxygen atoms in total. The zero-order chi connectivity index (χ0) is 23.5. The van der Waals surface area contributed by atoms with E-state index in [1.54, 1.807) is 25.3 Å². The molecule has 2 aromatic heterocycles. The highest BCUT2D eigenvalue weighted by Gasteiger charge is 2.49. The average molecular weight is 445 g/mol. The van der Waals surface area contributed by atoms with Gasteiger partial charge < -0.3 is 9.67 Å². The number of aromatic nitrogens is 3. The standard InChI is InChI=1S/C26H25FN4O2/c1-25(2,8-9-28)23-22(16-12-26(3,13-16)24(32)33)19-11-20-15(14-29-30-20)10-21(19)31(23)18-6-4-17(27)5-7-18/h4-7,10-11,14,16H,8,12-13H2,1-3H3,(H,29,30)(H,32,33). The van der Waals surface area contributed by atoms with Gasteiger partial charge in [-0.05, 0) is 67.6 Å².